The summed E-state index contributed by atoms with van der Waals surface area (Å²) < 4.78 is 5.41. The molecule has 0 N–H and O–H groups in total. The Morgan fingerprint density at radius 3 is 2.50 bits per heavy atom. The Bertz CT molecular complexity index is 397. The third kappa shape index (κ3) is 2.07. The van der Waals surface area contributed by atoms with Gasteiger partial charge < -0.3 is 4.74 Å². The Labute approximate surface area is 82.4 Å². The number of hydrogen-bond acceptors (Lipinski definition) is 3. The molecule has 0 aliphatic heterocycles. The van der Waals surface area contributed by atoms with Crippen LogP contribution in [0.4, 0.5) is 0 Å². The molecule has 0 saturated carbocycles. The van der Waals surface area contributed by atoms with Crippen molar-refractivity contribution in [3.8, 4) is 11.8 Å². The molecule has 0 fully saturated rings. The smallest absolute Gasteiger partial charge is 0.221 e. The molecule has 0 bridgehead atoms. The van der Waals surface area contributed by atoms with Crippen molar-refractivity contribution >= 4 is 0 Å². The van der Waals surface area contributed by atoms with Gasteiger partial charge in [-0.15, -0.1) is 0 Å². The van der Waals surface area contributed by atoms with Crippen LogP contribution in [0.3, 0.4) is 0 Å². The van der Waals surface area contributed by atoms with Crippen molar-refractivity contribution in [3.05, 3.63) is 48.3 Å². The van der Waals surface area contributed by atoms with Crippen LogP contribution in [0.25, 0.3) is 0 Å². The number of aromatic nitrogens is 2. The Hall–Kier alpha value is -1.90. The van der Waals surface area contributed by atoms with Crippen LogP contribution in [0.2, 0.25) is 0 Å². The first-order valence-electron chi connectivity index (χ1n) is 4.36. The zero-order valence-corrected chi connectivity index (χ0v) is 7.84. The van der Waals surface area contributed by atoms with E-state index in [1.165, 1.54) is 0 Å². The van der Waals surface area contributed by atoms with E-state index in [9.17, 15) is 0 Å². The maximum Gasteiger partial charge on any atom is 0.221 e. The zero-order valence-electron chi connectivity index (χ0n) is 7.84. The highest BCUT2D eigenvalue weighted by Crippen LogP contribution is 2.15. The van der Waals surface area contributed by atoms with E-state index >= 15 is 0 Å². The van der Waals surface area contributed by atoms with Gasteiger partial charge in [-0.1, -0.05) is 12.1 Å². The van der Waals surface area contributed by atoms with E-state index in [0.29, 0.717) is 11.8 Å². The molecule has 70 valence electrons. The minimum atomic E-state index is 0.559. The fourth-order valence-electron chi connectivity index (χ4n) is 1.03. The predicted octanol–water partition coefficient (Wildman–Crippen LogP) is 2.58. The molecule has 3 nitrogen and oxygen atoms in total. The summed E-state index contributed by atoms with van der Waals surface area (Å²) in [6, 6.07) is 9.28. The summed E-state index contributed by atoms with van der Waals surface area (Å²) in [5.74, 6) is 1.12. The Balaban J connectivity index is 2.16. The van der Waals surface area contributed by atoms with Gasteiger partial charge in [0.15, 0.2) is 0 Å². The number of aryl methyl sites for hydroxylation is 1. The molecule has 2 aromatic heterocycles. The van der Waals surface area contributed by atoms with Gasteiger partial charge in [-0.2, -0.15) is 0 Å². The Kier molecular flexibility index (Phi) is 2.40. The second-order valence-corrected chi connectivity index (χ2v) is 2.94. The van der Waals surface area contributed by atoms with Crippen LogP contribution in [0.5, 0.6) is 11.8 Å². The maximum atomic E-state index is 5.41. The lowest BCUT2D eigenvalue weighted by Gasteiger charge is -2.02. The van der Waals surface area contributed by atoms with Crippen molar-refractivity contribution in [1.82, 2.24) is 9.97 Å². The summed E-state index contributed by atoms with van der Waals surface area (Å²) in [4.78, 5) is 8.15. The molecule has 0 aliphatic carbocycles. The monoisotopic (exact) mass is 186 g/mol. The van der Waals surface area contributed by atoms with Crippen LogP contribution in [0.1, 0.15) is 5.56 Å². The van der Waals surface area contributed by atoms with Crippen LogP contribution < -0.4 is 4.74 Å². The van der Waals surface area contributed by atoms with Gasteiger partial charge in [-0.25, -0.2) is 9.97 Å². The largest absolute Gasteiger partial charge is 0.421 e. The number of rotatable bonds is 2. The van der Waals surface area contributed by atoms with Gasteiger partial charge in [0.25, 0.3) is 0 Å². The van der Waals surface area contributed by atoms with E-state index in [-0.39, 0.29) is 0 Å². The van der Waals surface area contributed by atoms with Gasteiger partial charge in [-0.05, 0) is 18.6 Å². The molecule has 0 unspecified atom stereocenters. The molecule has 3 heteroatoms. The highest BCUT2D eigenvalue weighted by atomic mass is 16.5. The van der Waals surface area contributed by atoms with Gasteiger partial charge in [0.05, 0.1) is 0 Å². The van der Waals surface area contributed by atoms with E-state index in [0.717, 1.165) is 5.56 Å². The third-order valence-corrected chi connectivity index (χ3v) is 1.73. The highest BCUT2D eigenvalue weighted by molar-refractivity contribution is 5.21. The topological polar surface area (TPSA) is 35.0 Å². The van der Waals surface area contributed by atoms with Gasteiger partial charge in [0.1, 0.15) is 0 Å². The van der Waals surface area contributed by atoms with E-state index in [1.807, 2.05) is 31.2 Å². The summed E-state index contributed by atoms with van der Waals surface area (Å²) in [5, 5.41) is 0. The fourth-order valence-corrected chi connectivity index (χ4v) is 1.03. The number of ether oxygens (including phenoxy) is 1. The number of nitrogens with zero attached hydrogens (tertiary/aromatic N) is 2. The van der Waals surface area contributed by atoms with Gasteiger partial charge in [0, 0.05) is 24.5 Å². The lowest BCUT2D eigenvalue weighted by Crippen LogP contribution is -1.89. The second kappa shape index (κ2) is 3.87. The highest BCUT2D eigenvalue weighted by Gasteiger charge is 1.97. The van der Waals surface area contributed by atoms with Crippen LogP contribution in [-0.2, 0) is 0 Å². The molecule has 0 aromatic carbocycles. The van der Waals surface area contributed by atoms with Gasteiger partial charge in [0.2, 0.25) is 11.8 Å². The van der Waals surface area contributed by atoms with Crippen molar-refractivity contribution in [2.45, 2.75) is 6.92 Å². The standard InChI is InChI=1S/C11H10N2O/c1-9-5-6-11(13-8-9)14-10-4-2-3-7-12-10/h2-8H,1H3. The molecule has 0 radical (unpaired) electrons. The first-order chi connectivity index (χ1) is 6.84. The SMILES string of the molecule is Cc1ccc(Oc2ccccn2)nc1. The summed E-state index contributed by atoms with van der Waals surface area (Å²) in [6.45, 7) is 1.98. The molecule has 2 aromatic rings. The molecule has 2 heterocycles. The van der Waals surface area contributed by atoms with Gasteiger partial charge >= 0.3 is 0 Å². The minimum Gasteiger partial charge on any atom is -0.421 e. The lowest BCUT2D eigenvalue weighted by atomic mass is 10.3. The molecular formula is C11H10N2O. The van der Waals surface area contributed by atoms with Crippen LogP contribution in [-0.4, -0.2) is 9.97 Å². The van der Waals surface area contributed by atoms with Crippen molar-refractivity contribution < 1.29 is 4.74 Å². The Morgan fingerprint density at radius 1 is 1.00 bits per heavy atom. The molecular weight excluding hydrogens is 176 g/mol. The van der Waals surface area contributed by atoms with Crippen LogP contribution in [0, 0.1) is 6.92 Å². The van der Waals surface area contributed by atoms with Crippen molar-refractivity contribution in [2.75, 3.05) is 0 Å². The maximum absolute atomic E-state index is 5.41. The lowest BCUT2D eigenvalue weighted by molar-refractivity contribution is 0.444. The van der Waals surface area contributed by atoms with E-state index in [2.05, 4.69) is 9.97 Å². The molecule has 0 aliphatic rings. The predicted molar refractivity (Wildman–Crippen MR) is 53.3 cm³/mol. The number of hydrogen-bond donors (Lipinski definition) is 0. The van der Waals surface area contributed by atoms with E-state index in [4.69, 9.17) is 4.74 Å². The van der Waals surface area contributed by atoms with Crippen LogP contribution >= 0.6 is 0 Å². The van der Waals surface area contributed by atoms with Gasteiger partial charge in [-0.3, -0.25) is 0 Å². The molecule has 0 atom stereocenters. The van der Waals surface area contributed by atoms with Crippen molar-refractivity contribution in [3.63, 3.8) is 0 Å². The fraction of sp³-hybridized carbons (Fsp3) is 0.0909. The quantitative estimate of drug-likeness (QED) is 0.723. The first kappa shape index (κ1) is 8.69. The average Bonchev–Trinajstić information content (AvgIpc) is 2.23. The molecule has 0 saturated heterocycles. The summed E-state index contributed by atoms with van der Waals surface area (Å²) in [5.41, 5.74) is 1.11. The zero-order chi connectivity index (χ0) is 9.80. The summed E-state index contributed by atoms with van der Waals surface area (Å²) in [6.07, 6.45) is 3.45. The van der Waals surface area contributed by atoms with E-state index in [1.54, 1.807) is 18.5 Å². The minimum absolute atomic E-state index is 0.559. The van der Waals surface area contributed by atoms with Crippen molar-refractivity contribution in [2.24, 2.45) is 0 Å². The number of pyridine rings is 2. The van der Waals surface area contributed by atoms with E-state index < -0.39 is 0 Å². The Morgan fingerprint density at radius 2 is 1.86 bits per heavy atom. The first-order valence-corrected chi connectivity index (χ1v) is 4.36. The molecule has 14 heavy (non-hydrogen) atoms. The molecule has 0 spiro atoms. The normalized spacial score (nSPS) is 9.79. The molecule has 2 rings (SSSR count). The van der Waals surface area contributed by atoms with Crippen molar-refractivity contribution in [1.29, 1.82) is 0 Å². The second-order valence-electron chi connectivity index (χ2n) is 2.94. The molecule has 0 amide bonds. The third-order valence-electron chi connectivity index (χ3n) is 1.73. The average molecular weight is 186 g/mol. The van der Waals surface area contributed by atoms with Crippen LogP contribution in [0.15, 0.2) is 42.7 Å². The summed E-state index contributed by atoms with van der Waals surface area (Å²) >= 11 is 0. The summed E-state index contributed by atoms with van der Waals surface area (Å²) in [7, 11) is 0.